The Kier molecular flexibility index (Phi) is 4.40. The van der Waals surface area contributed by atoms with Gasteiger partial charge in [0.2, 0.25) is 5.91 Å². The monoisotopic (exact) mass is 273 g/mol. The van der Waals surface area contributed by atoms with Crippen molar-refractivity contribution in [3.63, 3.8) is 0 Å². The number of carbonyl (C=O) groups excluding carboxylic acids is 1. The number of hydrogen-bond donors (Lipinski definition) is 1. The Bertz CT molecular complexity index is 592. The normalized spacial score (nSPS) is 11.9. The minimum Gasteiger partial charge on any atom is -0.496 e. The number of ether oxygens (including phenoxy) is 1. The van der Waals surface area contributed by atoms with Gasteiger partial charge in [0, 0.05) is 31.4 Å². The summed E-state index contributed by atoms with van der Waals surface area (Å²) in [5, 5.41) is 3.00. The van der Waals surface area contributed by atoms with E-state index in [1.807, 2.05) is 49.0 Å². The van der Waals surface area contributed by atoms with Crippen LogP contribution < -0.4 is 10.1 Å². The van der Waals surface area contributed by atoms with E-state index in [0.717, 1.165) is 17.1 Å². The summed E-state index contributed by atoms with van der Waals surface area (Å²) in [4.78, 5) is 16.2. The van der Waals surface area contributed by atoms with Crippen LogP contribution in [0.25, 0.3) is 0 Å². The smallest absolute Gasteiger partial charge is 0.220 e. The highest BCUT2D eigenvalue weighted by Gasteiger charge is 2.22. The summed E-state index contributed by atoms with van der Waals surface area (Å²) >= 11 is 0. The molecular weight excluding hydrogens is 254 g/mol. The van der Waals surface area contributed by atoms with E-state index in [9.17, 15) is 4.79 Å². The molecule has 2 rings (SSSR count). The molecule has 0 aliphatic heterocycles. The Hall–Kier alpha value is -2.30. The summed E-state index contributed by atoms with van der Waals surface area (Å²) in [6, 6.07) is 7.32. The van der Waals surface area contributed by atoms with Gasteiger partial charge in [0.15, 0.2) is 0 Å². The number of para-hydroxylation sites is 1. The molecule has 0 aliphatic carbocycles. The summed E-state index contributed by atoms with van der Waals surface area (Å²) in [7, 11) is 3.53. The largest absolute Gasteiger partial charge is 0.496 e. The van der Waals surface area contributed by atoms with Gasteiger partial charge in [-0.15, -0.1) is 0 Å². The van der Waals surface area contributed by atoms with Crippen LogP contribution in [0.5, 0.6) is 5.75 Å². The number of amides is 1. The molecule has 5 heteroatoms. The van der Waals surface area contributed by atoms with Gasteiger partial charge in [-0.3, -0.25) is 4.79 Å². The van der Waals surface area contributed by atoms with Gasteiger partial charge in [0.1, 0.15) is 17.6 Å². The Morgan fingerprint density at radius 1 is 1.45 bits per heavy atom. The molecule has 0 bridgehead atoms. The number of benzene rings is 1. The summed E-state index contributed by atoms with van der Waals surface area (Å²) in [5.41, 5.74) is 0.895. The Morgan fingerprint density at radius 3 is 2.80 bits per heavy atom. The summed E-state index contributed by atoms with van der Waals surface area (Å²) < 4.78 is 7.29. The number of imidazole rings is 1. The number of rotatable bonds is 5. The molecule has 0 aliphatic rings. The molecule has 5 nitrogen and oxygen atoms in total. The molecule has 2 aromatic rings. The molecule has 1 aromatic carbocycles. The van der Waals surface area contributed by atoms with Crippen LogP contribution in [0.3, 0.4) is 0 Å². The highest BCUT2D eigenvalue weighted by atomic mass is 16.5. The van der Waals surface area contributed by atoms with Crippen molar-refractivity contribution >= 4 is 5.91 Å². The standard InChI is InChI=1S/C15H19N3O2/c1-4-13(19)17-14(15-16-9-10-18(15)2)11-7-5-6-8-12(11)20-3/h5-10,14H,4H2,1-3H3,(H,17,19). The van der Waals surface area contributed by atoms with E-state index in [-0.39, 0.29) is 11.9 Å². The number of methoxy groups -OCH3 is 1. The molecule has 0 radical (unpaired) electrons. The molecule has 1 atom stereocenters. The number of aryl methyl sites for hydroxylation is 1. The maximum atomic E-state index is 11.8. The van der Waals surface area contributed by atoms with E-state index in [1.54, 1.807) is 13.3 Å². The summed E-state index contributed by atoms with van der Waals surface area (Å²) in [6.07, 6.45) is 4.00. The zero-order valence-electron chi connectivity index (χ0n) is 12.0. The van der Waals surface area contributed by atoms with Crippen LogP contribution in [0.15, 0.2) is 36.7 Å². The molecule has 0 fully saturated rings. The second-order valence-corrected chi connectivity index (χ2v) is 4.49. The molecule has 1 aromatic heterocycles. The minimum atomic E-state index is -0.321. The summed E-state index contributed by atoms with van der Waals surface area (Å²) in [6.45, 7) is 1.83. The van der Waals surface area contributed by atoms with Crippen molar-refractivity contribution < 1.29 is 9.53 Å². The first-order valence-electron chi connectivity index (χ1n) is 6.56. The lowest BCUT2D eigenvalue weighted by atomic mass is 10.0. The van der Waals surface area contributed by atoms with Gasteiger partial charge in [0.05, 0.1) is 7.11 Å². The number of nitrogens with zero attached hydrogens (tertiary/aromatic N) is 2. The molecule has 1 N–H and O–H groups in total. The lowest BCUT2D eigenvalue weighted by Gasteiger charge is -2.20. The first kappa shape index (κ1) is 14.1. The zero-order valence-corrected chi connectivity index (χ0v) is 12.0. The average molecular weight is 273 g/mol. The zero-order chi connectivity index (χ0) is 14.5. The van der Waals surface area contributed by atoms with Gasteiger partial charge in [0.25, 0.3) is 0 Å². The molecule has 1 heterocycles. The van der Waals surface area contributed by atoms with Gasteiger partial charge < -0.3 is 14.6 Å². The van der Waals surface area contributed by atoms with Gasteiger partial charge in [-0.1, -0.05) is 25.1 Å². The molecular formula is C15H19N3O2. The molecule has 0 spiro atoms. The molecule has 1 unspecified atom stereocenters. The Balaban J connectivity index is 2.46. The van der Waals surface area contributed by atoms with Crippen LogP contribution in [0.4, 0.5) is 0 Å². The predicted octanol–water partition coefficient (Wildman–Crippen LogP) is 2.04. The molecule has 106 valence electrons. The first-order valence-corrected chi connectivity index (χ1v) is 6.56. The molecule has 20 heavy (non-hydrogen) atoms. The van der Waals surface area contributed by atoms with E-state index >= 15 is 0 Å². The minimum absolute atomic E-state index is 0.0242. The number of hydrogen-bond acceptors (Lipinski definition) is 3. The third-order valence-electron chi connectivity index (χ3n) is 3.19. The van der Waals surface area contributed by atoms with Crippen LogP contribution in [0.1, 0.15) is 30.8 Å². The fourth-order valence-electron chi connectivity index (χ4n) is 2.10. The van der Waals surface area contributed by atoms with Crippen molar-refractivity contribution in [1.29, 1.82) is 0 Å². The molecule has 1 amide bonds. The lowest BCUT2D eigenvalue weighted by Crippen LogP contribution is -2.30. The van der Waals surface area contributed by atoms with Crippen molar-refractivity contribution in [3.8, 4) is 5.75 Å². The van der Waals surface area contributed by atoms with E-state index in [1.165, 1.54) is 0 Å². The Morgan fingerprint density at radius 2 is 2.20 bits per heavy atom. The highest BCUT2D eigenvalue weighted by Crippen LogP contribution is 2.28. The van der Waals surface area contributed by atoms with Crippen LogP contribution in [-0.2, 0) is 11.8 Å². The van der Waals surface area contributed by atoms with E-state index in [4.69, 9.17) is 4.74 Å². The van der Waals surface area contributed by atoms with Crippen LogP contribution >= 0.6 is 0 Å². The molecule has 0 saturated carbocycles. The van der Waals surface area contributed by atoms with Gasteiger partial charge in [-0.25, -0.2) is 4.98 Å². The fourth-order valence-corrected chi connectivity index (χ4v) is 2.10. The Labute approximate surface area is 118 Å². The van der Waals surface area contributed by atoms with E-state index in [2.05, 4.69) is 10.3 Å². The predicted molar refractivity (Wildman–Crippen MR) is 76.5 cm³/mol. The third-order valence-corrected chi connectivity index (χ3v) is 3.19. The number of carbonyl (C=O) groups is 1. The number of aromatic nitrogens is 2. The fraction of sp³-hybridized carbons (Fsp3) is 0.333. The second-order valence-electron chi connectivity index (χ2n) is 4.49. The SMILES string of the molecule is CCC(=O)NC(c1ccccc1OC)c1nccn1C. The van der Waals surface area contributed by atoms with Gasteiger partial charge in [-0.2, -0.15) is 0 Å². The van der Waals surface area contributed by atoms with Crippen LogP contribution in [0, 0.1) is 0 Å². The highest BCUT2D eigenvalue weighted by molar-refractivity contribution is 5.76. The average Bonchev–Trinajstić information content (AvgIpc) is 2.90. The van der Waals surface area contributed by atoms with E-state index < -0.39 is 0 Å². The van der Waals surface area contributed by atoms with Crippen LogP contribution in [-0.4, -0.2) is 22.6 Å². The van der Waals surface area contributed by atoms with Crippen LogP contribution in [0.2, 0.25) is 0 Å². The topological polar surface area (TPSA) is 56.1 Å². The maximum Gasteiger partial charge on any atom is 0.220 e. The van der Waals surface area contributed by atoms with Crippen molar-refractivity contribution in [2.75, 3.05) is 7.11 Å². The first-order chi connectivity index (χ1) is 9.67. The van der Waals surface area contributed by atoms with Crippen molar-refractivity contribution in [2.24, 2.45) is 7.05 Å². The second kappa shape index (κ2) is 6.23. The quantitative estimate of drug-likeness (QED) is 0.907. The third kappa shape index (κ3) is 2.82. The van der Waals surface area contributed by atoms with Crippen molar-refractivity contribution in [3.05, 3.63) is 48.0 Å². The number of nitrogens with one attached hydrogen (secondary N) is 1. The van der Waals surface area contributed by atoms with Crippen molar-refractivity contribution in [2.45, 2.75) is 19.4 Å². The summed E-state index contributed by atoms with van der Waals surface area (Å²) in [5.74, 6) is 1.48. The van der Waals surface area contributed by atoms with Gasteiger partial charge >= 0.3 is 0 Å². The lowest BCUT2D eigenvalue weighted by molar-refractivity contribution is -0.121. The van der Waals surface area contributed by atoms with Gasteiger partial charge in [-0.05, 0) is 6.07 Å². The molecule has 0 saturated heterocycles. The maximum absolute atomic E-state index is 11.8. The van der Waals surface area contributed by atoms with Crippen molar-refractivity contribution in [1.82, 2.24) is 14.9 Å². The van der Waals surface area contributed by atoms with E-state index in [0.29, 0.717) is 6.42 Å².